The molecule has 3 rings (SSSR count). The Balaban J connectivity index is 1.57. The van der Waals surface area contributed by atoms with E-state index < -0.39 is 17.4 Å². The van der Waals surface area contributed by atoms with E-state index in [1.54, 1.807) is 29.2 Å². The Labute approximate surface area is 145 Å². The number of nitrogens with zero attached hydrogens (tertiary/aromatic N) is 1. The maximum Gasteiger partial charge on any atom is 0.313 e. The van der Waals surface area contributed by atoms with Gasteiger partial charge in [0, 0.05) is 43.9 Å². The quantitative estimate of drug-likeness (QED) is 0.666. The summed E-state index contributed by atoms with van der Waals surface area (Å²) >= 11 is 0. The van der Waals surface area contributed by atoms with Crippen molar-refractivity contribution in [2.24, 2.45) is 0 Å². The lowest BCUT2D eigenvalue weighted by atomic mass is 10.0. The molecule has 0 saturated carbocycles. The monoisotopic (exact) mass is 347 g/mol. The van der Waals surface area contributed by atoms with Crippen LogP contribution in [0.5, 0.6) is 0 Å². The number of rotatable bonds is 4. The summed E-state index contributed by atoms with van der Waals surface area (Å²) in [7, 11) is 0. The summed E-state index contributed by atoms with van der Waals surface area (Å²) in [6, 6.07) is 6.81. The Morgan fingerprint density at radius 3 is 2.84 bits per heavy atom. The molecule has 1 aromatic rings. The third kappa shape index (κ3) is 4.15. The van der Waals surface area contributed by atoms with Crippen molar-refractivity contribution in [2.45, 2.75) is 24.9 Å². The Morgan fingerprint density at radius 1 is 1.32 bits per heavy atom. The van der Waals surface area contributed by atoms with E-state index in [1.165, 1.54) is 0 Å². The Morgan fingerprint density at radius 2 is 2.16 bits per heavy atom. The maximum absolute atomic E-state index is 12.0. The largest absolute Gasteiger partial charge is 0.386 e. The molecule has 8 heteroatoms. The van der Waals surface area contributed by atoms with Crippen LogP contribution in [0.4, 0.5) is 11.4 Å². The highest BCUT2D eigenvalue weighted by Gasteiger charge is 2.33. The van der Waals surface area contributed by atoms with Crippen molar-refractivity contribution < 1.29 is 24.2 Å². The highest BCUT2D eigenvalue weighted by molar-refractivity contribution is 6.39. The summed E-state index contributed by atoms with van der Waals surface area (Å²) in [6.07, 6.45) is 1.75. The minimum absolute atomic E-state index is 0.0401. The lowest BCUT2D eigenvalue weighted by molar-refractivity contribution is -0.136. The first-order chi connectivity index (χ1) is 12.0. The van der Waals surface area contributed by atoms with Crippen molar-refractivity contribution in [3.63, 3.8) is 0 Å². The van der Waals surface area contributed by atoms with Crippen molar-refractivity contribution in [2.75, 3.05) is 36.5 Å². The average molecular weight is 347 g/mol. The molecule has 25 heavy (non-hydrogen) atoms. The number of nitrogens with one attached hydrogen (secondary N) is 2. The Kier molecular flexibility index (Phi) is 5.00. The van der Waals surface area contributed by atoms with E-state index in [0.29, 0.717) is 37.4 Å². The normalized spacial score (nSPS) is 22.9. The van der Waals surface area contributed by atoms with Crippen LogP contribution in [0.15, 0.2) is 24.3 Å². The Hall–Kier alpha value is -2.45. The van der Waals surface area contributed by atoms with Crippen molar-refractivity contribution >= 4 is 29.1 Å². The van der Waals surface area contributed by atoms with E-state index >= 15 is 0 Å². The third-order valence-corrected chi connectivity index (χ3v) is 4.36. The number of hydrogen-bond acceptors (Lipinski definition) is 5. The van der Waals surface area contributed by atoms with Gasteiger partial charge in [0.05, 0.1) is 6.61 Å². The molecule has 0 radical (unpaired) electrons. The molecule has 3 N–H and O–H groups in total. The van der Waals surface area contributed by atoms with Crippen LogP contribution in [0.1, 0.15) is 19.3 Å². The fourth-order valence-corrected chi connectivity index (χ4v) is 2.92. The van der Waals surface area contributed by atoms with Crippen LogP contribution in [0.3, 0.4) is 0 Å². The molecule has 2 aliphatic heterocycles. The van der Waals surface area contributed by atoms with E-state index in [0.717, 1.165) is 6.42 Å². The highest BCUT2D eigenvalue weighted by atomic mass is 16.5. The first-order valence-electron chi connectivity index (χ1n) is 8.27. The van der Waals surface area contributed by atoms with Gasteiger partial charge in [-0.15, -0.1) is 0 Å². The summed E-state index contributed by atoms with van der Waals surface area (Å²) in [5.74, 6) is -1.61. The van der Waals surface area contributed by atoms with Gasteiger partial charge in [-0.05, 0) is 24.6 Å². The number of carbonyl (C=O) groups is 3. The van der Waals surface area contributed by atoms with Gasteiger partial charge in [-0.1, -0.05) is 6.07 Å². The number of ether oxygens (including phenoxy) is 1. The molecular weight excluding hydrogens is 326 g/mol. The van der Waals surface area contributed by atoms with E-state index in [9.17, 15) is 19.5 Å². The highest BCUT2D eigenvalue weighted by Crippen LogP contribution is 2.24. The zero-order valence-electron chi connectivity index (χ0n) is 13.8. The van der Waals surface area contributed by atoms with Crippen LogP contribution >= 0.6 is 0 Å². The van der Waals surface area contributed by atoms with Crippen LogP contribution in [0, 0.1) is 0 Å². The summed E-state index contributed by atoms with van der Waals surface area (Å²) in [5.41, 5.74) is 0.00443. The molecule has 2 aliphatic rings. The molecule has 0 bridgehead atoms. The number of benzene rings is 1. The fraction of sp³-hybridized carbons (Fsp3) is 0.471. The number of carbonyl (C=O) groups excluding carboxylic acids is 3. The molecule has 8 nitrogen and oxygen atoms in total. The van der Waals surface area contributed by atoms with Gasteiger partial charge < -0.3 is 25.4 Å². The zero-order chi connectivity index (χ0) is 17.9. The summed E-state index contributed by atoms with van der Waals surface area (Å²) in [6.45, 7) is 1.18. The van der Waals surface area contributed by atoms with E-state index in [4.69, 9.17) is 4.74 Å². The van der Waals surface area contributed by atoms with Gasteiger partial charge in [0.2, 0.25) is 5.91 Å². The summed E-state index contributed by atoms with van der Waals surface area (Å²) in [5, 5.41) is 15.0. The molecule has 3 amide bonds. The lowest BCUT2D eigenvalue weighted by Crippen LogP contribution is -2.46. The SMILES string of the molecule is O=C(NCC1(O)CCOC1)C(=O)Nc1cccc(N2CCCC2=O)c1. The van der Waals surface area contributed by atoms with Crippen LogP contribution in [-0.4, -0.2) is 54.7 Å². The molecule has 2 saturated heterocycles. The number of aliphatic hydroxyl groups is 1. The second-order valence-corrected chi connectivity index (χ2v) is 6.36. The standard InChI is InChI=1S/C17H21N3O5/c21-14-5-2-7-20(14)13-4-1-3-12(9-13)19-16(23)15(22)18-10-17(24)6-8-25-11-17/h1,3-4,9,24H,2,5-8,10-11H2,(H,18,22)(H,19,23). The summed E-state index contributed by atoms with van der Waals surface area (Å²) < 4.78 is 5.09. The third-order valence-electron chi connectivity index (χ3n) is 4.36. The lowest BCUT2D eigenvalue weighted by Gasteiger charge is -2.20. The van der Waals surface area contributed by atoms with Gasteiger partial charge in [0.1, 0.15) is 5.60 Å². The van der Waals surface area contributed by atoms with E-state index in [-0.39, 0.29) is 19.1 Å². The van der Waals surface area contributed by atoms with Crippen LogP contribution in [-0.2, 0) is 19.1 Å². The van der Waals surface area contributed by atoms with Crippen molar-refractivity contribution in [1.29, 1.82) is 0 Å². The van der Waals surface area contributed by atoms with Gasteiger partial charge >= 0.3 is 11.8 Å². The molecule has 1 atom stereocenters. The Bertz CT molecular complexity index is 685. The number of amides is 3. The van der Waals surface area contributed by atoms with Gasteiger partial charge in [-0.25, -0.2) is 0 Å². The van der Waals surface area contributed by atoms with Crippen molar-refractivity contribution in [1.82, 2.24) is 5.32 Å². The van der Waals surface area contributed by atoms with Gasteiger partial charge in [-0.3, -0.25) is 14.4 Å². The molecule has 2 heterocycles. The first-order valence-corrected chi connectivity index (χ1v) is 8.27. The molecule has 0 aromatic heterocycles. The summed E-state index contributed by atoms with van der Waals surface area (Å²) in [4.78, 5) is 37.4. The van der Waals surface area contributed by atoms with Gasteiger partial charge in [0.25, 0.3) is 0 Å². The number of hydrogen-bond donors (Lipinski definition) is 3. The topological polar surface area (TPSA) is 108 Å². The molecule has 1 aromatic carbocycles. The van der Waals surface area contributed by atoms with Crippen LogP contribution < -0.4 is 15.5 Å². The van der Waals surface area contributed by atoms with Crippen LogP contribution in [0.2, 0.25) is 0 Å². The predicted octanol–water partition coefficient (Wildman–Crippen LogP) is 0.0195. The minimum atomic E-state index is -1.12. The molecule has 2 fully saturated rings. The van der Waals surface area contributed by atoms with E-state index in [2.05, 4.69) is 10.6 Å². The molecule has 0 aliphatic carbocycles. The average Bonchev–Trinajstić information content (AvgIpc) is 3.22. The predicted molar refractivity (Wildman–Crippen MR) is 90.1 cm³/mol. The van der Waals surface area contributed by atoms with E-state index in [1.807, 2.05) is 0 Å². The van der Waals surface area contributed by atoms with Gasteiger partial charge in [0.15, 0.2) is 0 Å². The molecule has 134 valence electrons. The van der Waals surface area contributed by atoms with Gasteiger partial charge in [-0.2, -0.15) is 0 Å². The van der Waals surface area contributed by atoms with Crippen molar-refractivity contribution in [3.8, 4) is 0 Å². The second kappa shape index (κ2) is 7.20. The first kappa shape index (κ1) is 17.4. The maximum atomic E-state index is 12.0. The van der Waals surface area contributed by atoms with Crippen LogP contribution in [0.25, 0.3) is 0 Å². The van der Waals surface area contributed by atoms with Crippen molar-refractivity contribution in [3.05, 3.63) is 24.3 Å². The zero-order valence-corrected chi connectivity index (χ0v) is 13.8. The second-order valence-electron chi connectivity index (χ2n) is 6.36. The smallest absolute Gasteiger partial charge is 0.313 e. The molecule has 0 spiro atoms. The minimum Gasteiger partial charge on any atom is -0.386 e. The number of anilines is 2. The fourth-order valence-electron chi connectivity index (χ4n) is 2.92. The molecular formula is C17H21N3O5. The molecule has 1 unspecified atom stereocenters.